The molecule has 12 heteroatoms. The van der Waals surface area contributed by atoms with Crippen LogP contribution in [0.5, 0.6) is 0 Å². The van der Waals surface area contributed by atoms with Crippen molar-refractivity contribution in [3.63, 3.8) is 0 Å². The summed E-state index contributed by atoms with van der Waals surface area (Å²) in [6.45, 7) is 9.68. The van der Waals surface area contributed by atoms with Crippen LogP contribution in [0.2, 0.25) is 0 Å². The molecule has 4 aromatic rings. The molecule has 278 valence electrons. The van der Waals surface area contributed by atoms with E-state index in [-0.39, 0.29) is 36.3 Å². The van der Waals surface area contributed by atoms with Gasteiger partial charge in [-0.25, -0.2) is 14.8 Å². The third-order valence-electron chi connectivity index (χ3n) is 11.6. The molecular formula is C41H48N6O5S. The Labute approximate surface area is 314 Å². The maximum atomic E-state index is 14.4. The molecule has 0 radical (unpaired) electrons. The molecule has 2 unspecified atom stereocenters. The Balaban J connectivity index is 1.27. The highest BCUT2D eigenvalue weighted by atomic mass is 32.1. The van der Waals surface area contributed by atoms with Crippen molar-refractivity contribution in [3.8, 4) is 22.5 Å². The standard InChI is InChI=1S/C41H48N6O5S/c1-7-46-33-15-12-25-18-28(33)29(36(46)27-10-8-16-42-35(27)24(2)51-6)19-40(3,4)23-52-38(49)31-11-9-17-47(44-31)39(50)41(21-34-43-32(25)22-53-34)20-30(41)37(48)45(5)26-13-14-26/h8,10,12,15-16,18,22,24,26,30H,7,9,11,13-14,17,19-21,23H2,1-6H3/t24-,30?,41?/m0/s1. The summed E-state index contributed by atoms with van der Waals surface area (Å²) < 4.78 is 14.2. The molecule has 4 aliphatic rings. The van der Waals surface area contributed by atoms with Crippen molar-refractivity contribution in [1.82, 2.24) is 24.4 Å². The van der Waals surface area contributed by atoms with Gasteiger partial charge < -0.3 is 18.9 Å². The van der Waals surface area contributed by atoms with Gasteiger partial charge in [0.25, 0.3) is 0 Å². The van der Waals surface area contributed by atoms with E-state index in [0.29, 0.717) is 38.6 Å². The fraction of sp³-hybridized carbons (Fsp3) is 0.512. The van der Waals surface area contributed by atoms with Crippen LogP contribution < -0.4 is 0 Å². The second-order valence-electron chi connectivity index (χ2n) is 16.0. The summed E-state index contributed by atoms with van der Waals surface area (Å²) >= 11 is 1.52. The number of ether oxygens (including phenoxy) is 2. The van der Waals surface area contributed by atoms with Crippen LogP contribution >= 0.6 is 11.3 Å². The number of carbonyl (C=O) groups is 3. The lowest BCUT2D eigenvalue weighted by molar-refractivity contribution is -0.142. The Bertz CT molecular complexity index is 2150. The molecule has 1 aromatic carbocycles. The molecular weight excluding hydrogens is 689 g/mol. The lowest BCUT2D eigenvalue weighted by Crippen LogP contribution is -2.42. The number of aryl methyl sites for hydroxylation is 1. The number of thiazole rings is 1. The second-order valence-corrected chi connectivity index (χ2v) is 17.0. The minimum Gasteiger partial charge on any atom is -0.461 e. The van der Waals surface area contributed by atoms with E-state index in [2.05, 4.69) is 60.1 Å². The molecule has 6 bridgehead atoms. The molecule has 8 rings (SSSR count). The third-order valence-corrected chi connectivity index (χ3v) is 12.5. The monoisotopic (exact) mass is 736 g/mol. The van der Waals surface area contributed by atoms with Gasteiger partial charge >= 0.3 is 5.97 Å². The zero-order valence-electron chi connectivity index (χ0n) is 31.5. The molecule has 2 aliphatic heterocycles. The largest absolute Gasteiger partial charge is 0.461 e. The predicted molar refractivity (Wildman–Crippen MR) is 204 cm³/mol. The maximum Gasteiger partial charge on any atom is 0.354 e. The summed E-state index contributed by atoms with van der Waals surface area (Å²) in [6, 6.07) is 10.8. The molecule has 5 heterocycles. The van der Waals surface area contributed by atoms with E-state index in [4.69, 9.17) is 19.4 Å². The molecule has 0 N–H and O–H groups in total. The summed E-state index contributed by atoms with van der Waals surface area (Å²) in [5.74, 6) is -1.15. The van der Waals surface area contributed by atoms with Crippen LogP contribution in [-0.2, 0) is 43.2 Å². The molecule has 11 nitrogen and oxygen atoms in total. The highest BCUT2D eigenvalue weighted by Crippen LogP contribution is 2.58. The number of cyclic esters (lactones) is 1. The molecule has 0 saturated heterocycles. The topological polar surface area (TPSA) is 119 Å². The van der Waals surface area contributed by atoms with Crippen LogP contribution in [0.3, 0.4) is 0 Å². The van der Waals surface area contributed by atoms with Gasteiger partial charge in [-0.3, -0.25) is 14.6 Å². The number of esters is 1. The first-order valence-corrected chi connectivity index (χ1v) is 19.7. The van der Waals surface area contributed by atoms with Crippen molar-refractivity contribution in [2.75, 3.05) is 27.3 Å². The van der Waals surface area contributed by atoms with Crippen molar-refractivity contribution in [2.45, 2.75) is 91.3 Å². The molecule has 3 atom stereocenters. The zero-order chi connectivity index (χ0) is 37.2. The number of methoxy groups -OCH3 is 1. The van der Waals surface area contributed by atoms with E-state index in [1.165, 1.54) is 16.3 Å². The number of hydrazone groups is 1. The lowest BCUT2D eigenvalue weighted by Gasteiger charge is -2.29. The Morgan fingerprint density at radius 1 is 1.19 bits per heavy atom. The summed E-state index contributed by atoms with van der Waals surface area (Å²) in [5.41, 5.74) is 5.83. The minimum atomic E-state index is -0.955. The highest BCUT2D eigenvalue weighted by molar-refractivity contribution is 7.10. The van der Waals surface area contributed by atoms with E-state index in [9.17, 15) is 14.4 Å². The summed E-state index contributed by atoms with van der Waals surface area (Å²) in [5, 5.41) is 10.0. The van der Waals surface area contributed by atoms with Crippen LogP contribution in [0, 0.1) is 16.7 Å². The smallest absolute Gasteiger partial charge is 0.354 e. The van der Waals surface area contributed by atoms with Crippen LogP contribution in [0.25, 0.3) is 33.4 Å². The molecule has 1 spiro atoms. The predicted octanol–water partition coefficient (Wildman–Crippen LogP) is 6.83. The van der Waals surface area contributed by atoms with Crippen LogP contribution in [-0.4, -0.2) is 81.3 Å². The van der Waals surface area contributed by atoms with E-state index in [1.807, 2.05) is 24.9 Å². The van der Waals surface area contributed by atoms with Gasteiger partial charge in [0.2, 0.25) is 11.8 Å². The van der Waals surface area contributed by atoms with Gasteiger partial charge in [0.1, 0.15) is 5.71 Å². The Morgan fingerprint density at radius 2 is 2.00 bits per heavy atom. The number of pyridine rings is 1. The first kappa shape index (κ1) is 35.6. The molecule has 2 amide bonds. The number of hydrogen-bond donors (Lipinski definition) is 0. The Morgan fingerprint density at radius 3 is 2.75 bits per heavy atom. The van der Waals surface area contributed by atoms with Gasteiger partial charge in [-0.05, 0) is 75.8 Å². The van der Waals surface area contributed by atoms with Crippen molar-refractivity contribution in [1.29, 1.82) is 0 Å². The fourth-order valence-corrected chi connectivity index (χ4v) is 9.26. The summed E-state index contributed by atoms with van der Waals surface area (Å²) in [7, 11) is 3.55. The Hall–Kier alpha value is -4.42. The van der Waals surface area contributed by atoms with Crippen molar-refractivity contribution in [3.05, 3.63) is 58.2 Å². The van der Waals surface area contributed by atoms with Gasteiger partial charge in [-0.1, -0.05) is 19.9 Å². The average molecular weight is 737 g/mol. The molecule has 2 aliphatic carbocycles. The SMILES string of the molecule is CCn1c(-c2cccnc2[C@H](C)OC)c2c3cc(ccc31)-c1csc(n1)CC1(CC1C(=O)N(C)C1CC1)C(=O)N1CCCC(=N1)C(=O)OCC(C)(C)C2. The number of amides is 2. The number of fused-ring (bicyclic) bond motifs is 5. The van der Waals surface area contributed by atoms with Gasteiger partial charge in [-0.15, -0.1) is 11.3 Å². The van der Waals surface area contributed by atoms with Crippen LogP contribution in [0.1, 0.15) is 82.2 Å². The normalized spacial score (nSPS) is 23.4. The van der Waals surface area contributed by atoms with E-state index in [1.54, 1.807) is 13.3 Å². The number of carbonyl (C=O) groups excluding carboxylic acids is 3. The molecule has 3 aromatic heterocycles. The highest BCUT2D eigenvalue weighted by Gasteiger charge is 2.66. The first-order valence-electron chi connectivity index (χ1n) is 18.9. The lowest BCUT2D eigenvalue weighted by atomic mass is 9.84. The number of nitrogens with zero attached hydrogens (tertiary/aromatic N) is 6. The second kappa shape index (κ2) is 13.5. The van der Waals surface area contributed by atoms with E-state index < -0.39 is 22.7 Å². The van der Waals surface area contributed by atoms with Gasteiger partial charge in [-0.2, -0.15) is 5.10 Å². The van der Waals surface area contributed by atoms with E-state index in [0.717, 1.165) is 69.1 Å². The number of hydrogen-bond acceptors (Lipinski definition) is 9. The van der Waals surface area contributed by atoms with Gasteiger partial charge in [0.05, 0.1) is 46.1 Å². The molecule has 2 fully saturated rings. The first-order chi connectivity index (χ1) is 25.4. The zero-order valence-corrected chi connectivity index (χ0v) is 32.3. The molecule has 2 saturated carbocycles. The Kier molecular flexibility index (Phi) is 9.04. The van der Waals surface area contributed by atoms with E-state index >= 15 is 0 Å². The summed E-state index contributed by atoms with van der Waals surface area (Å²) in [6.07, 6.45) is 6.00. The van der Waals surface area contributed by atoms with Crippen molar-refractivity contribution in [2.24, 2.45) is 21.8 Å². The average Bonchev–Trinajstić information content (AvgIpc) is 4.08. The third kappa shape index (κ3) is 6.37. The van der Waals surface area contributed by atoms with Crippen molar-refractivity contribution >= 4 is 45.7 Å². The van der Waals surface area contributed by atoms with Gasteiger partial charge in [0.15, 0.2) is 0 Å². The number of rotatable bonds is 6. The maximum absolute atomic E-state index is 14.4. The number of benzene rings is 1. The summed E-state index contributed by atoms with van der Waals surface area (Å²) in [4.78, 5) is 53.6. The fourth-order valence-electron chi connectivity index (χ4n) is 8.33. The van der Waals surface area contributed by atoms with Crippen LogP contribution in [0.15, 0.2) is 47.0 Å². The quantitative estimate of drug-likeness (QED) is 0.199. The van der Waals surface area contributed by atoms with Gasteiger partial charge in [0, 0.05) is 85.2 Å². The molecule has 53 heavy (non-hydrogen) atoms. The minimum absolute atomic E-state index is 0.00788. The van der Waals surface area contributed by atoms with Crippen LogP contribution in [0.4, 0.5) is 0 Å². The van der Waals surface area contributed by atoms with Crippen molar-refractivity contribution < 1.29 is 23.9 Å². The number of aromatic nitrogens is 3.